The summed E-state index contributed by atoms with van der Waals surface area (Å²) < 4.78 is 50.1. The topological polar surface area (TPSA) is 104 Å². The van der Waals surface area contributed by atoms with Gasteiger partial charge in [-0.15, -0.1) is 18.3 Å². The number of rotatable bonds is 6. The fraction of sp³-hybridized carbons (Fsp3) is 0.111. The predicted octanol–water partition coefficient (Wildman–Crippen LogP) is 3.43. The fourth-order valence-corrected chi connectivity index (χ4v) is 2.13. The minimum atomic E-state index is -4.84. The first kappa shape index (κ1) is 19.9. The van der Waals surface area contributed by atoms with E-state index >= 15 is 0 Å². The van der Waals surface area contributed by atoms with Crippen LogP contribution in [0.25, 0.3) is 11.5 Å². The summed E-state index contributed by atoms with van der Waals surface area (Å²) in [5, 5.41) is 9.72. The number of carbonyl (C=O) groups excluding carboxylic acids is 2. The average molecular weight is 407 g/mol. The standard InChI is InChI=1S/C18H12F3N3O5/c19-18(20,21)29-13-8-6-12(7-9-13)16(26)27-10-14(25)22-17-24-23-15(28-17)11-4-2-1-3-5-11/h1-9H,10H2,(H,22,24,25). The van der Waals surface area contributed by atoms with E-state index in [2.05, 4.69) is 20.3 Å². The molecular formula is C18H12F3N3O5. The number of nitrogens with zero attached hydrogens (tertiary/aromatic N) is 2. The Balaban J connectivity index is 1.50. The first-order chi connectivity index (χ1) is 13.8. The molecule has 1 heterocycles. The van der Waals surface area contributed by atoms with Gasteiger partial charge in [-0.3, -0.25) is 10.1 Å². The molecule has 0 fully saturated rings. The lowest BCUT2D eigenvalue weighted by Gasteiger charge is -2.09. The zero-order valence-electron chi connectivity index (χ0n) is 14.5. The highest BCUT2D eigenvalue weighted by molar-refractivity contribution is 5.94. The molecule has 3 aromatic rings. The number of benzene rings is 2. The predicted molar refractivity (Wildman–Crippen MR) is 91.8 cm³/mol. The summed E-state index contributed by atoms with van der Waals surface area (Å²) >= 11 is 0. The van der Waals surface area contributed by atoms with E-state index in [1.165, 1.54) is 0 Å². The zero-order chi connectivity index (χ0) is 20.9. The molecule has 0 atom stereocenters. The van der Waals surface area contributed by atoms with Crippen LogP contribution >= 0.6 is 0 Å². The maximum absolute atomic E-state index is 12.1. The van der Waals surface area contributed by atoms with E-state index in [0.29, 0.717) is 5.56 Å². The Morgan fingerprint density at radius 3 is 2.34 bits per heavy atom. The van der Waals surface area contributed by atoms with E-state index in [0.717, 1.165) is 24.3 Å². The molecule has 0 aliphatic heterocycles. The van der Waals surface area contributed by atoms with Crippen LogP contribution in [0.15, 0.2) is 59.0 Å². The van der Waals surface area contributed by atoms with Gasteiger partial charge in [0.2, 0.25) is 5.89 Å². The van der Waals surface area contributed by atoms with Crippen molar-refractivity contribution < 1.29 is 36.7 Å². The van der Waals surface area contributed by atoms with Crippen molar-refractivity contribution in [2.24, 2.45) is 0 Å². The number of aromatic nitrogens is 2. The summed E-state index contributed by atoms with van der Waals surface area (Å²) in [6.45, 7) is -0.664. The van der Waals surface area contributed by atoms with E-state index in [9.17, 15) is 22.8 Å². The highest BCUT2D eigenvalue weighted by atomic mass is 19.4. The maximum Gasteiger partial charge on any atom is 0.573 e. The average Bonchev–Trinajstić information content (AvgIpc) is 3.14. The second kappa shape index (κ2) is 8.42. The molecule has 3 rings (SSSR count). The Labute approximate surface area is 161 Å². The molecule has 0 aliphatic rings. The smallest absolute Gasteiger partial charge is 0.452 e. The van der Waals surface area contributed by atoms with E-state index in [-0.39, 0.29) is 17.5 Å². The van der Waals surface area contributed by atoms with Crippen LogP contribution in [0.5, 0.6) is 5.75 Å². The molecule has 0 unspecified atom stereocenters. The molecule has 0 saturated carbocycles. The Bertz CT molecular complexity index is 988. The van der Waals surface area contributed by atoms with Crippen molar-refractivity contribution in [1.82, 2.24) is 10.2 Å². The first-order valence-electron chi connectivity index (χ1n) is 8.02. The summed E-state index contributed by atoms with van der Waals surface area (Å²) in [7, 11) is 0. The van der Waals surface area contributed by atoms with Crippen LogP contribution in [-0.2, 0) is 9.53 Å². The van der Waals surface area contributed by atoms with Gasteiger partial charge in [-0.05, 0) is 36.4 Å². The molecule has 0 saturated heterocycles. The summed E-state index contributed by atoms with van der Waals surface area (Å²) in [4.78, 5) is 23.7. The molecule has 0 spiro atoms. The third-order valence-corrected chi connectivity index (χ3v) is 3.35. The maximum atomic E-state index is 12.1. The highest BCUT2D eigenvalue weighted by Crippen LogP contribution is 2.23. The van der Waals surface area contributed by atoms with E-state index < -0.39 is 30.6 Å². The number of hydrogen-bond acceptors (Lipinski definition) is 7. The number of ether oxygens (including phenoxy) is 2. The molecule has 1 aromatic heterocycles. The number of amides is 1. The van der Waals surface area contributed by atoms with Crippen LogP contribution < -0.4 is 10.1 Å². The SMILES string of the molecule is O=C(COC(=O)c1ccc(OC(F)(F)F)cc1)Nc1nnc(-c2ccccc2)o1. The molecule has 2 aromatic carbocycles. The molecule has 1 N–H and O–H groups in total. The molecule has 29 heavy (non-hydrogen) atoms. The van der Waals surface area contributed by atoms with Gasteiger partial charge in [0.25, 0.3) is 5.91 Å². The lowest BCUT2D eigenvalue weighted by Crippen LogP contribution is -2.21. The third-order valence-electron chi connectivity index (χ3n) is 3.35. The summed E-state index contributed by atoms with van der Waals surface area (Å²) in [6, 6.07) is 12.7. The van der Waals surface area contributed by atoms with Gasteiger partial charge < -0.3 is 13.9 Å². The van der Waals surface area contributed by atoms with Crippen molar-refractivity contribution in [2.75, 3.05) is 11.9 Å². The van der Waals surface area contributed by atoms with Gasteiger partial charge >= 0.3 is 18.3 Å². The molecule has 0 bridgehead atoms. The van der Waals surface area contributed by atoms with E-state index in [1.54, 1.807) is 24.3 Å². The van der Waals surface area contributed by atoms with Crippen LogP contribution in [0.4, 0.5) is 19.2 Å². The fourth-order valence-electron chi connectivity index (χ4n) is 2.13. The van der Waals surface area contributed by atoms with Crippen LogP contribution in [0.3, 0.4) is 0 Å². The first-order valence-corrected chi connectivity index (χ1v) is 8.02. The zero-order valence-corrected chi connectivity index (χ0v) is 14.5. The molecule has 150 valence electrons. The normalized spacial score (nSPS) is 11.0. The van der Waals surface area contributed by atoms with Gasteiger partial charge in [-0.25, -0.2) is 4.79 Å². The van der Waals surface area contributed by atoms with Gasteiger partial charge in [0.15, 0.2) is 6.61 Å². The van der Waals surface area contributed by atoms with Crippen molar-refractivity contribution in [2.45, 2.75) is 6.36 Å². The molecule has 1 amide bonds. The van der Waals surface area contributed by atoms with Gasteiger partial charge in [0.05, 0.1) is 5.56 Å². The van der Waals surface area contributed by atoms with E-state index in [4.69, 9.17) is 9.15 Å². The third kappa shape index (κ3) is 5.79. The summed E-state index contributed by atoms with van der Waals surface area (Å²) in [5.41, 5.74) is 0.598. The summed E-state index contributed by atoms with van der Waals surface area (Å²) in [6.07, 6.45) is -4.84. The Kier molecular flexibility index (Phi) is 5.77. The second-order valence-corrected chi connectivity index (χ2v) is 5.47. The number of halogens is 3. The molecule has 0 aliphatic carbocycles. The highest BCUT2D eigenvalue weighted by Gasteiger charge is 2.31. The van der Waals surface area contributed by atoms with Crippen LogP contribution in [0, 0.1) is 0 Å². The quantitative estimate of drug-likeness (QED) is 0.625. The largest absolute Gasteiger partial charge is 0.573 e. The van der Waals surface area contributed by atoms with Gasteiger partial charge in [0.1, 0.15) is 5.75 Å². The minimum Gasteiger partial charge on any atom is -0.452 e. The van der Waals surface area contributed by atoms with E-state index in [1.807, 2.05) is 6.07 Å². The monoisotopic (exact) mass is 407 g/mol. The van der Waals surface area contributed by atoms with Crippen molar-refractivity contribution in [3.63, 3.8) is 0 Å². The number of hydrogen-bond donors (Lipinski definition) is 1. The number of esters is 1. The number of carbonyl (C=O) groups is 2. The van der Waals surface area contributed by atoms with Crippen molar-refractivity contribution in [3.8, 4) is 17.2 Å². The van der Waals surface area contributed by atoms with Crippen LogP contribution in [0.2, 0.25) is 0 Å². The van der Waals surface area contributed by atoms with Gasteiger partial charge in [-0.1, -0.05) is 23.3 Å². The number of anilines is 1. The lowest BCUT2D eigenvalue weighted by molar-refractivity contribution is -0.274. The van der Waals surface area contributed by atoms with Crippen LogP contribution in [-0.4, -0.2) is 35.0 Å². The lowest BCUT2D eigenvalue weighted by atomic mass is 10.2. The molecule has 8 nitrogen and oxygen atoms in total. The molecule has 11 heteroatoms. The minimum absolute atomic E-state index is 0.0588. The van der Waals surface area contributed by atoms with Gasteiger partial charge in [0, 0.05) is 5.56 Å². The van der Waals surface area contributed by atoms with Crippen molar-refractivity contribution in [3.05, 3.63) is 60.2 Å². The van der Waals surface area contributed by atoms with Crippen LogP contribution in [0.1, 0.15) is 10.4 Å². The molecule has 0 radical (unpaired) electrons. The Hall–Kier alpha value is -3.89. The number of nitrogens with one attached hydrogen (secondary N) is 1. The Morgan fingerprint density at radius 1 is 1.00 bits per heavy atom. The number of alkyl halides is 3. The Morgan fingerprint density at radius 2 is 1.69 bits per heavy atom. The van der Waals surface area contributed by atoms with Gasteiger partial charge in [-0.2, -0.15) is 0 Å². The van der Waals surface area contributed by atoms with Crippen molar-refractivity contribution in [1.29, 1.82) is 0 Å². The molecular weight excluding hydrogens is 395 g/mol. The van der Waals surface area contributed by atoms with Crippen molar-refractivity contribution >= 4 is 17.9 Å². The second-order valence-electron chi connectivity index (χ2n) is 5.47. The summed E-state index contributed by atoms with van der Waals surface area (Å²) in [5.74, 6) is -1.94.